The largest absolute Gasteiger partial charge is 0.472 e. The first-order chi connectivity index (χ1) is 41.9. The molecule has 3 atom stereocenters. The molecular weight excluding hydrogens is 1080 g/mol. The second kappa shape index (κ2) is 65.2. The molecule has 10 heteroatoms. The van der Waals surface area contributed by atoms with E-state index in [1.807, 2.05) is 33.3 Å². The van der Waals surface area contributed by atoms with Gasteiger partial charge in [-0.05, 0) is 102 Å². The van der Waals surface area contributed by atoms with E-state index >= 15 is 0 Å². The number of allylic oxidation sites excluding steroid dienone is 13. The highest BCUT2D eigenvalue weighted by molar-refractivity contribution is 7.47. The second-order valence-electron chi connectivity index (χ2n) is 25.7. The molecule has 0 bridgehead atoms. The molecular formula is C76H140N2O7P+. The van der Waals surface area contributed by atoms with Crippen LogP contribution in [0.25, 0.3) is 0 Å². The maximum Gasteiger partial charge on any atom is 0.472 e. The Hall–Kier alpha value is -2.81. The summed E-state index contributed by atoms with van der Waals surface area (Å²) < 4.78 is 30.8. The molecule has 3 unspecified atom stereocenters. The first-order valence-corrected chi connectivity index (χ1v) is 37.9. The van der Waals surface area contributed by atoms with E-state index < -0.39 is 20.0 Å². The lowest BCUT2D eigenvalue weighted by atomic mass is 10.0. The van der Waals surface area contributed by atoms with E-state index in [2.05, 4.69) is 99.0 Å². The minimum Gasteiger partial charge on any atom is -0.456 e. The summed E-state index contributed by atoms with van der Waals surface area (Å²) in [7, 11) is 1.49. The molecule has 0 aromatic heterocycles. The van der Waals surface area contributed by atoms with Crippen molar-refractivity contribution in [3.8, 4) is 0 Å². The van der Waals surface area contributed by atoms with E-state index in [-0.39, 0.29) is 31.5 Å². The van der Waals surface area contributed by atoms with Crippen LogP contribution in [-0.2, 0) is 27.9 Å². The summed E-state index contributed by atoms with van der Waals surface area (Å²) in [6.07, 6.45) is 87.4. The van der Waals surface area contributed by atoms with Gasteiger partial charge in [0.15, 0.2) is 0 Å². The molecule has 86 heavy (non-hydrogen) atoms. The number of hydrogen-bond donors (Lipinski definition) is 2. The number of ether oxygens (including phenoxy) is 1. The van der Waals surface area contributed by atoms with Crippen LogP contribution >= 0.6 is 7.82 Å². The van der Waals surface area contributed by atoms with Crippen molar-refractivity contribution in [2.24, 2.45) is 0 Å². The quantitative estimate of drug-likeness (QED) is 0.0205. The van der Waals surface area contributed by atoms with Crippen molar-refractivity contribution in [3.05, 3.63) is 85.1 Å². The second-order valence-corrected chi connectivity index (χ2v) is 27.2. The zero-order chi connectivity index (χ0) is 62.8. The van der Waals surface area contributed by atoms with Crippen molar-refractivity contribution in [3.63, 3.8) is 0 Å². The summed E-state index contributed by atoms with van der Waals surface area (Å²) in [5.74, 6) is -0.509. The highest BCUT2D eigenvalue weighted by Crippen LogP contribution is 2.43. The van der Waals surface area contributed by atoms with Crippen LogP contribution in [0.15, 0.2) is 85.1 Å². The lowest BCUT2D eigenvalue weighted by Gasteiger charge is -2.27. The van der Waals surface area contributed by atoms with Gasteiger partial charge in [0.1, 0.15) is 19.3 Å². The molecule has 1 amide bonds. The molecule has 0 fully saturated rings. The minimum atomic E-state index is -4.46. The zero-order valence-corrected chi connectivity index (χ0v) is 58.2. The molecule has 0 aliphatic carbocycles. The molecule has 0 aromatic rings. The topological polar surface area (TPSA) is 111 Å². The van der Waals surface area contributed by atoms with Gasteiger partial charge in [-0.2, -0.15) is 0 Å². The fourth-order valence-electron chi connectivity index (χ4n) is 10.5. The molecule has 2 N–H and O–H groups in total. The van der Waals surface area contributed by atoms with Gasteiger partial charge in [0.2, 0.25) is 5.91 Å². The number of amides is 1. The number of nitrogens with one attached hydrogen (secondary N) is 1. The van der Waals surface area contributed by atoms with Gasteiger partial charge in [-0.3, -0.25) is 18.6 Å². The summed E-state index contributed by atoms with van der Waals surface area (Å²) >= 11 is 0. The van der Waals surface area contributed by atoms with E-state index in [4.69, 9.17) is 13.8 Å². The van der Waals surface area contributed by atoms with E-state index in [1.165, 1.54) is 199 Å². The van der Waals surface area contributed by atoms with Gasteiger partial charge < -0.3 is 19.4 Å². The monoisotopic (exact) mass is 1220 g/mol. The Morgan fingerprint density at radius 2 is 0.744 bits per heavy atom. The number of hydrogen-bond acceptors (Lipinski definition) is 6. The van der Waals surface area contributed by atoms with Gasteiger partial charge in [-0.25, -0.2) is 4.57 Å². The first-order valence-electron chi connectivity index (χ1n) is 36.4. The van der Waals surface area contributed by atoms with Gasteiger partial charge in [-0.15, -0.1) is 0 Å². The smallest absolute Gasteiger partial charge is 0.456 e. The Morgan fingerprint density at radius 3 is 1.13 bits per heavy atom. The van der Waals surface area contributed by atoms with Crippen molar-refractivity contribution in [1.29, 1.82) is 0 Å². The molecule has 0 radical (unpaired) electrons. The molecule has 500 valence electrons. The summed E-state index contributed by atoms with van der Waals surface area (Å²) in [6, 6.07) is -0.859. The number of phosphoric acid groups is 1. The fraction of sp³-hybridized carbons (Fsp3) is 0.789. The normalized spacial score (nSPS) is 14.0. The summed E-state index contributed by atoms with van der Waals surface area (Å²) in [5, 5.41) is 3.07. The Kier molecular flexibility index (Phi) is 63.0. The van der Waals surface area contributed by atoms with Crippen LogP contribution in [0.5, 0.6) is 0 Å². The van der Waals surface area contributed by atoms with Gasteiger partial charge in [0.05, 0.1) is 33.8 Å². The average Bonchev–Trinajstić information content (AvgIpc) is 3.66. The molecule has 0 rings (SSSR count). The highest BCUT2D eigenvalue weighted by Gasteiger charge is 2.30. The van der Waals surface area contributed by atoms with Crippen molar-refractivity contribution >= 4 is 19.7 Å². The van der Waals surface area contributed by atoms with E-state index in [0.29, 0.717) is 17.4 Å². The number of unbranched alkanes of at least 4 members (excludes halogenated alkanes) is 38. The summed E-state index contributed by atoms with van der Waals surface area (Å²) in [5.41, 5.74) is 0. The lowest BCUT2D eigenvalue weighted by molar-refractivity contribution is -0.870. The number of esters is 1. The first kappa shape index (κ1) is 83.2. The molecule has 0 saturated carbocycles. The Morgan fingerprint density at radius 1 is 0.419 bits per heavy atom. The van der Waals surface area contributed by atoms with Crippen LogP contribution in [0.4, 0.5) is 0 Å². The molecule has 0 spiro atoms. The van der Waals surface area contributed by atoms with Crippen LogP contribution in [0.1, 0.15) is 335 Å². The number of carbonyl (C=O) groups is 2. The Bertz CT molecular complexity index is 1750. The minimum absolute atomic E-state index is 0.0358. The van der Waals surface area contributed by atoms with Crippen LogP contribution in [0.3, 0.4) is 0 Å². The third-order valence-corrected chi connectivity index (χ3v) is 17.1. The Balaban J connectivity index is 5.05. The van der Waals surface area contributed by atoms with E-state index in [9.17, 15) is 19.0 Å². The van der Waals surface area contributed by atoms with Gasteiger partial charge >= 0.3 is 13.8 Å². The summed E-state index contributed by atoms with van der Waals surface area (Å²) in [6.45, 7) is 6.92. The number of carbonyl (C=O) groups excluding carboxylic acids is 2. The van der Waals surface area contributed by atoms with Gasteiger partial charge in [0.25, 0.3) is 0 Å². The van der Waals surface area contributed by atoms with Gasteiger partial charge in [-0.1, -0.05) is 305 Å². The maximum absolute atomic E-state index is 13.6. The zero-order valence-electron chi connectivity index (χ0n) is 57.3. The van der Waals surface area contributed by atoms with Crippen molar-refractivity contribution in [2.75, 3.05) is 40.9 Å². The number of phosphoric ester groups is 1. The van der Waals surface area contributed by atoms with E-state index in [0.717, 1.165) is 103 Å². The standard InChI is InChI=1S/C76H139N2O7P/c1-7-10-13-16-19-22-25-28-30-32-34-36-38-39-41-43-45-47-49-51-54-57-60-63-66-69-76(80)85-74(67-64-61-58-55-52-27-24-21-18-15-12-9-3)73(72-84-86(81,82)83-71-70-78(4,5)6)77-75(79)68-65-62-59-56-53-50-48-46-44-42-40-37-35-33-31-29-26-23-20-17-14-11-8-2/h11,14,20,23,28-31,35,37,42,44,64,67,73-74H,7-10,12-13,15-19,21-22,24-27,32-34,36,38-41,43,45-63,65-66,68-72H2,1-6H3,(H-,77,79,81,82)/p+1/b14-11-,23-20-,30-28+,31-29-,37-35-,44-42-,67-64+. The fourth-order valence-corrected chi connectivity index (χ4v) is 11.2. The SMILES string of the molecule is CC/C=C\C/C=C\C/C=C\C/C=C\C/C=C\CCCCCCCCCC(=O)NC(COP(=O)(O)OCC[N+](C)(C)C)C(/C=C/CCCCCCCCCCCC)OC(=O)CCCCCCCCCCCCCCCCC/C=C/CCCCCCCC. The van der Waals surface area contributed by atoms with Gasteiger partial charge in [0, 0.05) is 12.8 Å². The highest BCUT2D eigenvalue weighted by atomic mass is 31.2. The predicted molar refractivity (Wildman–Crippen MR) is 374 cm³/mol. The third-order valence-electron chi connectivity index (χ3n) is 16.1. The van der Waals surface area contributed by atoms with Crippen molar-refractivity contribution in [2.45, 2.75) is 348 Å². The lowest BCUT2D eigenvalue weighted by Crippen LogP contribution is -2.47. The predicted octanol–water partition coefficient (Wildman–Crippen LogP) is 23.3. The van der Waals surface area contributed by atoms with Crippen LogP contribution < -0.4 is 5.32 Å². The van der Waals surface area contributed by atoms with E-state index in [1.54, 1.807) is 0 Å². The molecule has 0 aliphatic rings. The van der Waals surface area contributed by atoms with Crippen LogP contribution in [0.2, 0.25) is 0 Å². The Labute approximate surface area is 533 Å². The number of quaternary nitrogens is 1. The maximum atomic E-state index is 13.6. The molecule has 0 aliphatic heterocycles. The van der Waals surface area contributed by atoms with Crippen LogP contribution in [0, 0.1) is 0 Å². The summed E-state index contributed by atoms with van der Waals surface area (Å²) in [4.78, 5) is 37.9. The number of rotatable bonds is 66. The average molecular weight is 1220 g/mol. The molecule has 0 heterocycles. The van der Waals surface area contributed by atoms with Crippen molar-refractivity contribution < 1.29 is 37.3 Å². The van der Waals surface area contributed by atoms with Crippen molar-refractivity contribution in [1.82, 2.24) is 5.32 Å². The van der Waals surface area contributed by atoms with Crippen LogP contribution in [-0.4, -0.2) is 74.3 Å². The third kappa shape index (κ3) is 65.6. The molecule has 0 aromatic carbocycles. The molecule has 0 saturated heterocycles. The number of nitrogens with zero attached hydrogens (tertiary/aromatic N) is 1. The number of likely N-dealkylation sites (N-methyl/N-ethyl adjacent to an activating group) is 1. The molecule has 9 nitrogen and oxygen atoms in total.